The number of nitrogens with zero attached hydrogens (tertiary/aromatic N) is 2. The Morgan fingerprint density at radius 2 is 1.53 bits per heavy atom. The van der Waals surface area contributed by atoms with Crippen LogP contribution < -0.4 is 5.32 Å². The largest absolute Gasteiger partial charge is 0.353 e. The smallest absolute Gasteiger partial charge is 0.226 e. The first-order valence-corrected chi connectivity index (χ1v) is 13.4. The van der Waals surface area contributed by atoms with Gasteiger partial charge in [0.15, 0.2) is 0 Å². The SMILES string of the molecule is Cc1ccn2c(CC(=O)NC3CCCCCCCCCCC3)c(-c3ccc(C)c(C)c3)nc2c1. The summed E-state index contributed by atoms with van der Waals surface area (Å²) in [5, 5.41) is 3.40. The highest BCUT2D eigenvalue weighted by molar-refractivity contribution is 5.82. The van der Waals surface area contributed by atoms with Crippen LogP contribution >= 0.6 is 0 Å². The summed E-state index contributed by atoms with van der Waals surface area (Å²) in [5.41, 5.74) is 7.57. The molecule has 0 spiro atoms. The van der Waals surface area contributed by atoms with Crippen molar-refractivity contribution in [2.45, 2.75) is 104 Å². The number of aryl methyl sites for hydroxylation is 3. The second-order valence-electron chi connectivity index (χ2n) is 10.3. The van der Waals surface area contributed by atoms with E-state index < -0.39 is 0 Å². The number of benzene rings is 1. The minimum Gasteiger partial charge on any atom is -0.353 e. The quantitative estimate of drug-likeness (QED) is 0.446. The molecule has 3 aromatic rings. The molecule has 4 heteroatoms. The van der Waals surface area contributed by atoms with Gasteiger partial charge in [0, 0.05) is 17.8 Å². The molecule has 0 saturated heterocycles. The average Bonchev–Trinajstić information content (AvgIpc) is 3.14. The number of nitrogens with one attached hydrogen (secondary N) is 1. The van der Waals surface area contributed by atoms with E-state index in [1.54, 1.807) is 0 Å². The number of hydrogen-bond acceptors (Lipinski definition) is 2. The monoisotopic (exact) mass is 459 g/mol. The summed E-state index contributed by atoms with van der Waals surface area (Å²) in [7, 11) is 0. The van der Waals surface area contributed by atoms with Crippen molar-refractivity contribution in [3.63, 3.8) is 0 Å². The van der Waals surface area contributed by atoms with Crippen LogP contribution in [0.3, 0.4) is 0 Å². The van der Waals surface area contributed by atoms with Crippen molar-refractivity contribution in [3.05, 3.63) is 58.9 Å². The molecular formula is C30H41N3O. The van der Waals surface area contributed by atoms with E-state index in [1.807, 2.05) is 0 Å². The molecular weight excluding hydrogens is 418 g/mol. The van der Waals surface area contributed by atoms with Crippen LogP contribution in [0.5, 0.6) is 0 Å². The molecule has 0 unspecified atom stereocenters. The van der Waals surface area contributed by atoms with Crippen LogP contribution in [0.15, 0.2) is 36.5 Å². The van der Waals surface area contributed by atoms with Crippen LogP contribution in [-0.4, -0.2) is 21.3 Å². The van der Waals surface area contributed by atoms with E-state index in [2.05, 4.69) is 67.0 Å². The molecule has 4 nitrogen and oxygen atoms in total. The number of rotatable bonds is 4. The molecule has 1 aliphatic rings. The zero-order valence-electron chi connectivity index (χ0n) is 21.3. The summed E-state index contributed by atoms with van der Waals surface area (Å²) in [6, 6.07) is 10.9. The van der Waals surface area contributed by atoms with Crippen LogP contribution in [0.4, 0.5) is 0 Å². The van der Waals surface area contributed by atoms with Crippen LogP contribution in [0.25, 0.3) is 16.9 Å². The Bertz CT molecular complexity index is 1100. The molecule has 1 aliphatic carbocycles. The van der Waals surface area contributed by atoms with E-state index >= 15 is 0 Å². The molecule has 0 radical (unpaired) electrons. The molecule has 2 aromatic heterocycles. The summed E-state index contributed by atoms with van der Waals surface area (Å²) in [6.07, 6.45) is 16.4. The third-order valence-corrected chi connectivity index (χ3v) is 7.46. The summed E-state index contributed by atoms with van der Waals surface area (Å²) in [5.74, 6) is 0.115. The van der Waals surface area contributed by atoms with Crippen molar-refractivity contribution in [1.82, 2.24) is 14.7 Å². The fourth-order valence-corrected chi connectivity index (χ4v) is 5.22. The Balaban J connectivity index is 1.54. The van der Waals surface area contributed by atoms with E-state index in [1.165, 1.54) is 74.5 Å². The zero-order chi connectivity index (χ0) is 23.9. The fraction of sp³-hybridized carbons (Fsp3) is 0.533. The second-order valence-corrected chi connectivity index (χ2v) is 10.3. The first-order valence-electron chi connectivity index (χ1n) is 13.4. The van der Waals surface area contributed by atoms with E-state index in [0.29, 0.717) is 12.5 Å². The normalized spacial score (nSPS) is 16.7. The lowest BCUT2D eigenvalue weighted by Crippen LogP contribution is -2.36. The van der Waals surface area contributed by atoms with Gasteiger partial charge >= 0.3 is 0 Å². The molecule has 34 heavy (non-hydrogen) atoms. The third-order valence-electron chi connectivity index (χ3n) is 7.46. The highest BCUT2D eigenvalue weighted by atomic mass is 16.1. The van der Waals surface area contributed by atoms with Gasteiger partial charge in [-0.25, -0.2) is 4.98 Å². The molecule has 0 bridgehead atoms. The zero-order valence-corrected chi connectivity index (χ0v) is 21.3. The number of carbonyl (C=O) groups is 1. The number of fused-ring (bicyclic) bond motifs is 1. The lowest BCUT2D eigenvalue weighted by molar-refractivity contribution is -0.121. The van der Waals surface area contributed by atoms with Gasteiger partial charge in [-0.2, -0.15) is 0 Å². The number of hydrogen-bond donors (Lipinski definition) is 1. The minimum absolute atomic E-state index is 0.115. The van der Waals surface area contributed by atoms with E-state index in [0.717, 1.165) is 35.4 Å². The second kappa shape index (κ2) is 11.7. The van der Waals surface area contributed by atoms with Gasteiger partial charge in [0.05, 0.1) is 17.8 Å². The number of amides is 1. The number of pyridine rings is 1. The molecule has 1 fully saturated rings. The van der Waals surface area contributed by atoms with Gasteiger partial charge in [-0.15, -0.1) is 0 Å². The van der Waals surface area contributed by atoms with Gasteiger partial charge in [0.2, 0.25) is 5.91 Å². The van der Waals surface area contributed by atoms with Gasteiger partial charge in [-0.1, -0.05) is 69.9 Å². The Hall–Kier alpha value is -2.62. The Kier molecular flexibility index (Phi) is 8.42. The third kappa shape index (κ3) is 6.28. The van der Waals surface area contributed by atoms with E-state index in [-0.39, 0.29) is 5.91 Å². The molecule has 1 N–H and O–H groups in total. The summed E-state index contributed by atoms with van der Waals surface area (Å²) in [4.78, 5) is 18.3. The summed E-state index contributed by atoms with van der Waals surface area (Å²) < 4.78 is 2.10. The Morgan fingerprint density at radius 3 is 2.18 bits per heavy atom. The van der Waals surface area contributed by atoms with Crippen LogP contribution in [0.1, 0.15) is 93.0 Å². The molecule has 2 heterocycles. The molecule has 0 aliphatic heterocycles. The summed E-state index contributed by atoms with van der Waals surface area (Å²) in [6.45, 7) is 6.35. The predicted molar refractivity (Wildman–Crippen MR) is 141 cm³/mol. The molecule has 1 amide bonds. The lowest BCUT2D eigenvalue weighted by atomic mass is 9.97. The Morgan fingerprint density at radius 1 is 0.882 bits per heavy atom. The maximum atomic E-state index is 13.3. The highest BCUT2D eigenvalue weighted by Gasteiger charge is 2.20. The van der Waals surface area contributed by atoms with Gasteiger partial charge < -0.3 is 9.72 Å². The van der Waals surface area contributed by atoms with Gasteiger partial charge in [-0.05, 0) is 68.5 Å². The Labute approximate surface area is 205 Å². The number of carbonyl (C=O) groups excluding carboxylic acids is 1. The number of aromatic nitrogens is 2. The van der Waals surface area contributed by atoms with Crippen LogP contribution in [-0.2, 0) is 11.2 Å². The summed E-state index contributed by atoms with van der Waals surface area (Å²) >= 11 is 0. The highest BCUT2D eigenvalue weighted by Crippen LogP contribution is 2.27. The van der Waals surface area contributed by atoms with Crippen molar-refractivity contribution in [2.24, 2.45) is 0 Å². The average molecular weight is 460 g/mol. The first-order chi connectivity index (χ1) is 16.5. The topological polar surface area (TPSA) is 46.4 Å². The van der Waals surface area contributed by atoms with Crippen molar-refractivity contribution in [1.29, 1.82) is 0 Å². The number of imidazole rings is 1. The molecule has 182 valence electrons. The first kappa shape index (κ1) is 24.5. The molecule has 1 aromatic carbocycles. The van der Waals surface area contributed by atoms with Crippen molar-refractivity contribution in [3.8, 4) is 11.3 Å². The van der Waals surface area contributed by atoms with Crippen molar-refractivity contribution < 1.29 is 4.79 Å². The van der Waals surface area contributed by atoms with E-state index in [9.17, 15) is 4.79 Å². The fourth-order valence-electron chi connectivity index (χ4n) is 5.22. The molecule has 0 atom stereocenters. The van der Waals surface area contributed by atoms with Crippen molar-refractivity contribution >= 4 is 11.6 Å². The molecule has 4 rings (SSSR count). The van der Waals surface area contributed by atoms with Crippen LogP contribution in [0, 0.1) is 20.8 Å². The van der Waals surface area contributed by atoms with Crippen LogP contribution in [0.2, 0.25) is 0 Å². The lowest BCUT2D eigenvalue weighted by Gasteiger charge is -2.20. The predicted octanol–water partition coefficient (Wildman–Crippen LogP) is 7.26. The van der Waals surface area contributed by atoms with Gasteiger partial charge in [-0.3, -0.25) is 4.79 Å². The molecule has 1 saturated carbocycles. The maximum absolute atomic E-state index is 13.3. The van der Waals surface area contributed by atoms with Crippen molar-refractivity contribution in [2.75, 3.05) is 0 Å². The van der Waals surface area contributed by atoms with Gasteiger partial charge in [0.25, 0.3) is 0 Å². The van der Waals surface area contributed by atoms with Gasteiger partial charge in [0.1, 0.15) is 5.65 Å². The maximum Gasteiger partial charge on any atom is 0.226 e. The van der Waals surface area contributed by atoms with E-state index in [4.69, 9.17) is 4.98 Å². The standard InChI is InChI=1S/C30H41N3O/c1-22-17-18-33-27(30(32-28(33)19-22)25-16-15-23(2)24(3)20-25)21-29(34)31-26-13-11-9-7-5-4-6-8-10-12-14-26/h15-20,26H,4-14,21H2,1-3H3,(H,31,34). The minimum atomic E-state index is 0.115.